The molecule has 0 saturated heterocycles. The van der Waals surface area contributed by atoms with E-state index in [0.717, 1.165) is 11.3 Å². The maximum Gasteiger partial charge on any atom is 0.223 e. The van der Waals surface area contributed by atoms with Gasteiger partial charge in [0.25, 0.3) is 0 Å². The molecule has 0 atom stereocenters. The van der Waals surface area contributed by atoms with Crippen molar-refractivity contribution in [3.63, 3.8) is 0 Å². The highest BCUT2D eigenvalue weighted by atomic mass is 16.5. The van der Waals surface area contributed by atoms with Gasteiger partial charge in [-0.25, -0.2) is 0 Å². The van der Waals surface area contributed by atoms with Gasteiger partial charge in [-0.05, 0) is 31.0 Å². The smallest absolute Gasteiger partial charge is 0.223 e. The number of likely N-dealkylation sites (N-methyl/N-ethyl adjacent to an activating group) is 1. The molecule has 0 spiro atoms. The minimum Gasteiger partial charge on any atom is -0.497 e. The van der Waals surface area contributed by atoms with Gasteiger partial charge in [-0.15, -0.1) is 0 Å². The van der Waals surface area contributed by atoms with Crippen molar-refractivity contribution in [1.82, 2.24) is 4.90 Å². The zero-order valence-electron chi connectivity index (χ0n) is 11.9. The van der Waals surface area contributed by atoms with Gasteiger partial charge in [0.2, 0.25) is 5.91 Å². The number of nitrogens with zero attached hydrogens (tertiary/aromatic N) is 2. The first-order valence-corrected chi connectivity index (χ1v) is 6.47. The van der Waals surface area contributed by atoms with E-state index in [-0.39, 0.29) is 18.3 Å². The van der Waals surface area contributed by atoms with Crippen LogP contribution in [-0.4, -0.2) is 42.0 Å². The maximum absolute atomic E-state index is 12.0. The lowest BCUT2D eigenvalue weighted by Gasteiger charge is -2.19. The number of hydrogen-bond donors (Lipinski definition) is 2. The van der Waals surface area contributed by atoms with Crippen LogP contribution in [0.1, 0.15) is 18.9 Å². The Bertz CT molecular complexity index is 457. The summed E-state index contributed by atoms with van der Waals surface area (Å²) in [7, 11) is 1.62. The van der Waals surface area contributed by atoms with Crippen molar-refractivity contribution >= 4 is 11.7 Å². The molecule has 0 fully saturated rings. The highest BCUT2D eigenvalue weighted by Crippen LogP contribution is 2.13. The summed E-state index contributed by atoms with van der Waals surface area (Å²) in [6.45, 7) is 2.53. The van der Waals surface area contributed by atoms with E-state index in [1.54, 1.807) is 12.0 Å². The van der Waals surface area contributed by atoms with Crippen molar-refractivity contribution in [2.24, 2.45) is 10.9 Å². The largest absolute Gasteiger partial charge is 0.497 e. The van der Waals surface area contributed by atoms with Crippen LogP contribution in [-0.2, 0) is 11.2 Å². The molecule has 0 bridgehead atoms. The van der Waals surface area contributed by atoms with Gasteiger partial charge < -0.3 is 20.6 Å². The average molecular weight is 279 g/mol. The van der Waals surface area contributed by atoms with Crippen molar-refractivity contribution in [3.8, 4) is 5.75 Å². The van der Waals surface area contributed by atoms with E-state index in [9.17, 15) is 4.79 Å². The fourth-order valence-corrected chi connectivity index (χ4v) is 1.81. The monoisotopic (exact) mass is 279 g/mol. The first-order chi connectivity index (χ1) is 9.60. The van der Waals surface area contributed by atoms with E-state index >= 15 is 0 Å². The number of ether oxygens (including phenoxy) is 1. The predicted molar refractivity (Wildman–Crippen MR) is 77.0 cm³/mol. The highest BCUT2D eigenvalue weighted by Gasteiger charge is 2.13. The minimum atomic E-state index is -0.0186. The van der Waals surface area contributed by atoms with Crippen LogP contribution in [0.5, 0.6) is 5.75 Å². The van der Waals surface area contributed by atoms with E-state index in [2.05, 4.69) is 5.16 Å². The molecular formula is C14H21N3O3. The van der Waals surface area contributed by atoms with E-state index < -0.39 is 0 Å². The average Bonchev–Trinajstić information content (AvgIpc) is 2.50. The number of rotatable bonds is 7. The third kappa shape index (κ3) is 4.79. The van der Waals surface area contributed by atoms with Crippen LogP contribution >= 0.6 is 0 Å². The van der Waals surface area contributed by atoms with Crippen molar-refractivity contribution < 1.29 is 14.7 Å². The Morgan fingerprint density at radius 2 is 2.05 bits per heavy atom. The molecule has 0 aliphatic heterocycles. The molecule has 1 aromatic rings. The molecule has 1 amide bonds. The van der Waals surface area contributed by atoms with Gasteiger partial charge in [-0.3, -0.25) is 4.79 Å². The third-order valence-corrected chi connectivity index (χ3v) is 3.00. The van der Waals surface area contributed by atoms with Crippen LogP contribution in [0.25, 0.3) is 0 Å². The summed E-state index contributed by atoms with van der Waals surface area (Å²) in [4.78, 5) is 13.6. The molecule has 6 nitrogen and oxygen atoms in total. The Labute approximate surface area is 118 Å². The molecule has 0 unspecified atom stereocenters. The van der Waals surface area contributed by atoms with E-state index in [1.165, 1.54) is 0 Å². The van der Waals surface area contributed by atoms with Crippen LogP contribution in [0.4, 0.5) is 0 Å². The molecule has 0 aliphatic carbocycles. The summed E-state index contributed by atoms with van der Waals surface area (Å²) in [5, 5.41) is 11.4. The standard InChI is InChI=1S/C14H21N3O3/c1-3-17(10-13(15)16-19)14(18)9-6-11-4-7-12(20-2)8-5-11/h4-5,7-8,19H,3,6,9-10H2,1-2H3,(H2,15,16). The lowest BCUT2D eigenvalue weighted by Crippen LogP contribution is -2.38. The van der Waals surface area contributed by atoms with Crippen LogP contribution in [0.3, 0.4) is 0 Å². The summed E-state index contributed by atoms with van der Waals surface area (Å²) in [6.07, 6.45) is 1.04. The number of methoxy groups -OCH3 is 1. The molecule has 0 aromatic heterocycles. The van der Waals surface area contributed by atoms with Crippen LogP contribution in [0.15, 0.2) is 29.4 Å². The second-order valence-electron chi connectivity index (χ2n) is 4.35. The lowest BCUT2D eigenvalue weighted by molar-refractivity contribution is -0.130. The molecule has 1 rings (SSSR count). The molecule has 6 heteroatoms. The normalized spacial score (nSPS) is 11.2. The zero-order valence-corrected chi connectivity index (χ0v) is 11.9. The number of carbonyl (C=O) groups is 1. The van der Waals surface area contributed by atoms with Crippen LogP contribution < -0.4 is 10.5 Å². The van der Waals surface area contributed by atoms with Crippen molar-refractivity contribution in [2.75, 3.05) is 20.2 Å². The Morgan fingerprint density at radius 1 is 1.40 bits per heavy atom. The van der Waals surface area contributed by atoms with Gasteiger partial charge in [0.15, 0.2) is 5.84 Å². The van der Waals surface area contributed by atoms with Gasteiger partial charge >= 0.3 is 0 Å². The second kappa shape index (κ2) is 8.04. The van der Waals surface area contributed by atoms with Gasteiger partial charge in [-0.1, -0.05) is 17.3 Å². The third-order valence-electron chi connectivity index (χ3n) is 3.00. The van der Waals surface area contributed by atoms with Gasteiger partial charge in [0, 0.05) is 13.0 Å². The number of benzene rings is 1. The molecular weight excluding hydrogens is 258 g/mol. The number of oxime groups is 1. The maximum atomic E-state index is 12.0. The number of amides is 1. The fraction of sp³-hybridized carbons (Fsp3) is 0.429. The summed E-state index contributed by atoms with van der Waals surface area (Å²) in [5.41, 5.74) is 6.49. The summed E-state index contributed by atoms with van der Waals surface area (Å²) >= 11 is 0. The number of nitrogens with two attached hydrogens (primary N) is 1. The zero-order chi connectivity index (χ0) is 15.0. The quantitative estimate of drug-likeness (QED) is 0.340. The van der Waals surface area contributed by atoms with Gasteiger partial charge in [-0.2, -0.15) is 0 Å². The molecule has 0 heterocycles. The molecule has 110 valence electrons. The minimum absolute atomic E-state index is 0.0186. The first-order valence-electron chi connectivity index (χ1n) is 6.47. The summed E-state index contributed by atoms with van der Waals surface area (Å²) in [5.74, 6) is 0.807. The SMILES string of the molecule is CCN(CC(N)=NO)C(=O)CCc1ccc(OC)cc1. The molecule has 0 saturated carbocycles. The molecule has 0 aliphatic rings. The summed E-state index contributed by atoms with van der Waals surface area (Å²) < 4.78 is 5.08. The molecule has 1 aromatic carbocycles. The van der Waals surface area contributed by atoms with Gasteiger partial charge in [0.05, 0.1) is 13.7 Å². The first kappa shape index (κ1) is 15.8. The predicted octanol–water partition coefficient (Wildman–Crippen LogP) is 1.22. The number of amidine groups is 1. The van der Waals surface area contributed by atoms with Crippen LogP contribution in [0.2, 0.25) is 0 Å². The van der Waals surface area contributed by atoms with Gasteiger partial charge in [0.1, 0.15) is 5.75 Å². The number of aryl methyl sites for hydroxylation is 1. The number of carbonyl (C=O) groups excluding carboxylic acids is 1. The Balaban J connectivity index is 2.51. The van der Waals surface area contributed by atoms with Crippen LogP contribution in [0, 0.1) is 0 Å². The second-order valence-corrected chi connectivity index (χ2v) is 4.35. The van der Waals surface area contributed by atoms with E-state index in [4.69, 9.17) is 15.7 Å². The van der Waals surface area contributed by atoms with Crippen molar-refractivity contribution in [3.05, 3.63) is 29.8 Å². The lowest BCUT2D eigenvalue weighted by atomic mass is 10.1. The molecule has 0 radical (unpaired) electrons. The molecule has 3 N–H and O–H groups in total. The molecule has 20 heavy (non-hydrogen) atoms. The number of hydrogen-bond acceptors (Lipinski definition) is 4. The summed E-state index contributed by atoms with van der Waals surface area (Å²) in [6, 6.07) is 7.61. The highest BCUT2D eigenvalue weighted by molar-refractivity contribution is 5.86. The van der Waals surface area contributed by atoms with Crippen molar-refractivity contribution in [2.45, 2.75) is 19.8 Å². The Kier molecular flexibility index (Phi) is 6.36. The van der Waals surface area contributed by atoms with Crippen molar-refractivity contribution in [1.29, 1.82) is 0 Å². The Hall–Kier alpha value is -2.24. The van der Waals surface area contributed by atoms with E-state index in [0.29, 0.717) is 19.4 Å². The van der Waals surface area contributed by atoms with E-state index in [1.807, 2.05) is 31.2 Å². The topological polar surface area (TPSA) is 88.1 Å². The fourth-order valence-electron chi connectivity index (χ4n) is 1.81. The Morgan fingerprint density at radius 3 is 2.55 bits per heavy atom.